The SMILES string of the molecule is c1ccc(-c2ccc(N(c3ccccc3)c3cc4sc5ccc6ccccc6c5c4cc3N(c3ccccc3)c3ccccc3-c3ccccc3)cc2)cc1. The fourth-order valence-corrected chi connectivity index (χ4v) is 9.02. The van der Waals surface area contributed by atoms with Gasteiger partial charge in [-0.05, 0) is 88.1 Å². The number of fused-ring (bicyclic) bond motifs is 5. The molecular weight excluding hydrogens is 685 g/mol. The number of para-hydroxylation sites is 3. The molecule has 0 unspecified atom stereocenters. The first-order chi connectivity index (χ1) is 27.3. The summed E-state index contributed by atoms with van der Waals surface area (Å²) in [5.41, 5.74) is 11.3. The summed E-state index contributed by atoms with van der Waals surface area (Å²) in [4.78, 5) is 4.88. The highest BCUT2D eigenvalue weighted by molar-refractivity contribution is 7.26. The van der Waals surface area contributed by atoms with Crippen molar-refractivity contribution in [1.82, 2.24) is 0 Å². The molecule has 9 aromatic carbocycles. The number of thiophene rings is 1. The summed E-state index contributed by atoms with van der Waals surface area (Å²) in [7, 11) is 0. The van der Waals surface area contributed by atoms with Crippen LogP contribution in [0.5, 0.6) is 0 Å². The van der Waals surface area contributed by atoms with Crippen molar-refractivity contribution in [3.8, 4) is 22.3 Å². The number of nitrogens with zero attached hydrogens (tertiary/aromatic N) is 2. The van der Waals surface area contributed by atoms with Gasteiger partial charge in [-0.15, -0.1) is 11.3 Å². The fourth-order valence-electron chi connectivity index (χ4n) is 7.88. The Labute approximate surface area is 325 Å². The van der Waals surface area contributed by atoms with Crippen LogP contribution >= 0.6 is 11.3 Å². The molecule has 10 rings (SSSR count). The smallest absolute Gasteiger partial charge is 0.0716 e. The predicted octanol–water partition coefficient (Wildman–Crippen LogP) is 15.5. The molecule has 0 radical (unpaired) electrons. The predicted molar refractivity (Wildman–Crippen MR) is 237 cm³/mol. The summed E-state index contributed by atoms with van der Waals surface area (Å²) in [6.07, 6.45) is 0. The highest BCUT2D eigenvalue weighted by Gasteiger charge is 2.26. The van der Waals surface area contributed by atoms with Crippen LogP contribution in [0.15, 0.2) is 218 Å². The zero-order chi connectivity index (χ0) is 36.6. The lowest BCUT2D eigenvalue weighted by atomic mass is 9.99. The van der Waals surface area contributed by atoms with Crippen molar-refractivity contribution in [2.45, 2.75) is 0 Å². The van der Waals surface area contributed by atoms with E-state index in [1.165, 1.54) is 47.6 Å². The molecule has 1 aromatic heterocycles. The lowest BCUT2D eigenvalue weighted by molar-refractivity contribution is 1.23. The van der Waals surface area contributed by atoms with E-state index in [1.54, 1.807) is 0 Å². The molecule has 0 fully saturated rings. The minimum atomic E-state index is 1.09. The highest BCUT2D eigenvalue weighted by Crippen LogP contribution is 2.52. The van der Waals surface area contributed by atoms with Gasteiger partial charge in [-0.1, -0.05) is 158 Å². The molecule has 0 N–H and O–H groups in total. The molecule has 55 heavy (non-hydrogen) atoms. The highest BCUT2D eigenvalue weighted by atomic mass is 32.1. The minimum Gasteiger partial charge on any atom is -0.308 e. The molecule has 0 amide bonds. The Morgan fingerprint density at radius 3 is 1.55 bits per heavy atom. The number of rotatable bonds is 8. The van der Waals surface area contributed by atoms with Gasteiger partial charge in [0, 0.05) is 42.8 Å². The summed E-state index contributed by atoms with van der Waals surface area (Å²) in [6, 6.07) is 78.9. The maximum Gasteiger partial charge on any atom is 0.0716 e. The van der Waals surface area contributed by atoms with Crippen LogP contribution in [-0.2, 0) is 0 Å². The molecule has 0 aliphatic heterocycles. The maximum absolute atomic E-state index is 2.46. The van der Waals surface area contributed by atoms with E-state index in [4.69, 9.17) is 0 Å². The first kappa shape index (κ1) is 32.7. The molecule has 3 heteroatoms. The van der Waals surface area contributed by atoms with Crippen molar-refractivity contribution < 1.29 is 0 Å². The van der Waals surface area contributed by atoms with E-state index in [1.807, 2.05) is 11.3 Å². The van der Waals surface area contributed by atoms with Crippen LogP contribution in [-0.4, -0.2) is 0 Å². The molecule has 1 heterocycles. The van der Waals surface area contributed by atoms with Crippen molar-refractivity contribution in [3.63, 3.8) is 0 Å². The monoisotopic (exact) mass is 720 g/mol. The molecule has 0 saturated carbocycles. The molecule has 2 nitrogen and oxygen atoms in total. The van der Waals surface area contributed by atoms with Crippen molar-refractivity contribution in [3.05, 3.63) is 218 Å². The van der Waals surface area contributed by atoms with E-state index in [9.17, 15) is 0 Å². The van der Waals surface area contributed by atoms with Crippen LogP contribution < -0.4 is 9.80 Å². The summed E-state index contributed by atoms with van der Waals surface area (Å²) in [5, 5.41) is 5.08. The average molecular weight is 721 g/mol. The van der Waals surface area contributed by atoms with Gasteiger partial charge in [0.25, 0.3) is 0 Å². The van der Waals surface area contributed by atoms with Crippen LogP contribution in [0.1, 0.15) is 0 Å². The largest absolute Gasteiger partial charge is 0.308 e. The van der Waals surface area contributed by atoms with E-state index >= 15 is 0 Å². The average Bonchev–Trinajstić information content (AvgIpc) is 3.64. The summed E-state index contributed by atoms with van der Waals surface area (Å²) >= 11 is 1.87. The van der Waals surface area contributed by atoms with Crippen molar-refractivity contribution in [2.24, 2.45) is 0 Å². The third kappa shape index (κ3) is 6.01. The molecule has 0 atom stereocenters. The third-order valence-electron chi connectivity index (χ3n) is 10.4. The zero-order valence-electron chi connectivity index (χ0n) is 30.1. The van der Waals surface area contributed by atoms with Crippen LogP contribution in [0, 0.1) is 0 Å². The van der Waals surface area contributed by atoms with Gasteiger partial charge in [0.1, 0.15) is 0 Å². The van der Waals surface area contributed by atoms with E-state index in [0.717, 1.165) is 39.7 Å². The summed E-state index contributed by atoms with van der Waals surface area (Å²) in [5.74, 6) is 0. The van der Waals surface area contributed by atoms with Gasteiger partial charge >= 0.3 is 0 Å². The second kappa shape index (κ2) is 14.1. The molecule has 260 valence electrons. The van der Waals surface area contributed by atoms with Gasteiger partial charge in [-0.3, -0.25) is 0 Å². The van der Waals surface area contributed by atoms with Gasteiger partial charge in [-0.25, -0.2) is 0 Å². The maximum atomic E-state index is 2.46. The van der Waals surface area contributed by atoms with Crippen LogP contribution in [0.25, 0.3) is 53.2 Å². The Morgan fingerprint density at radius 1 is 0.309 bits per heavy atom. The Bertz CT molecular complexity index is 2900. The van der Waals surface area contributed by atoms with Gasteiger partial charge in [0.15, 0.2) is 0 Å². The molecule has 10 aromatic rings. The second-order valence-electron chi connectivity index (χ2n) is 13.7. The van der Waals surface area contributed by atoms with Crippen LogP contribution in [0.4, 0.5) is 34.1 Å². The number of anilines is 6. The Morgan fingerprint density at radius 2 is 0.836 bits per heavy atom. The van der Waals surface area contributed by atoms with Crippen molar-refractivity contribution in [1.29, 1.82) is 0 Å². The van der Waals surface area contributed by atoms with E-state index < -0.39 is 0 Å². The topological polar surface area (TPSA) is 6.48 Å². The van der Waals surface area contributed by atoms with Gasteiger partial charge in [0.2, 0.25) is 0 Å². The van der Waals surface area contributed by atoms with Gasteiger partial charge in [0.05, 0.1) is 17.1 Å². The Kier molecular flexibility index (Phi) is 8.40. The second-order valence-corrected chi connectivity index (χ2v) is 14.8. The van der Waals surface area contributed by atoms with E-state index in [-0.39, 0.29) is 0 Å². The van der Waals surface area contributed by atoms with Crippen LogP contribution in [0.2, 0.25) is 0 Å². The zero-order valence-corrected chi connectivity index (χ0v) is 30.9. The standard InChI is InChI=1S/C52H36N2S/c1-5-17-37(18-6-1)38-29-32-43(33-30-38)53(41-22-9-3-10-23-41)49-36-51-46(52-45-27-14-13-21-40(45)31-34-50(52)55-51)35-48(49)54(42-24-11-4-12-25-42)47-28-16-15-26-44(47)39-19-7-2-8-20-39/h1-36H. The quantitative estimate of drug-likeness (QED) is 0.154. The van der Waals surface area contributed by atoms with Gasteiger partial charge in [-0.2, -0.15) is 0 Å². The lowest BCUT2D eigenvalue weighted by Gasteiger charge is -2.34. The third-order valence-corrected chi connectivity index (χ3v) is 11.5. The molecule has 0 aliphatic carbocycles. The number of benzene rings is 9. The molecule has 0 aliphatic rings. The Hall–Kier alpha value is -6.94. The normalized spacial score (nSPS) is 11.3. The lowest BCUT2D eigenvalue weighted by Crippen LogP contribution is -2.17. The van der Waals surface area contributed by atoms with Gasteiger partial charge < -0.3 is 9.80 Å². The van der Waals surface area contributed by atoms with Crippen molar-refractivity contribution in [2.75, 3.05) is 9.80 Å². The number of hydrogen-bond acceptors (Lipinski definition) is 3. The number of hydrogen-bond donors (Lipinski definition) is 0. The van der Waals surface area contributed by atoms with Crippen LogP contribution in [0.3, 0.4) is 0 Å². The van der Waals surface area contributed by atoms with Crippen molar-refractivity contribution >= 4 is 76.4 Å². The fraction of sp³-hybridized carbons (Fsp3) is 0. The Balaban J connectivity index is 1.30. The molecule has 0 spiro atoms. The summed E-state index contributed by atoms with van der Waals surface area (Å²) < 4.78 is 2.53. The molecule has 0 bridgehead atoms. The van der Waals surface area contributed by atoms with E-state index in [0.29, 0.717) is 0 Å². The molecule has 0 saturated heterocycles. The summed E-state index contributed by atoms with van der Waals surface area (Å²) in [6.45, 7) is 0. The first-order valence-corrected chi connectivity index (χ1v) is 19.5. The minimum absolute atomic E-state index is 1.09. The first-order valence-electron chi connectivity index (χ1n) is 18.7. The molecular formula is C52H36N2S. The van der Waals surface area contributed by atoms with E-state index in [2.05, 4.69) is 228 Å².